The fourth-order valence-electron chi connectivity index (χ4n) is 4.61. The number of pyridine rings is 1. The third-order valence-corrected chi connectivity index (χ3v) is 6.84. The molecule has 1 aliphatic carbocycles. The van der Waals surface area contributed by atoms with Crippen molar-refractivity contribution in [1.82, 2.24) is 10.3 Å². The highest BCUT2D eigenvalue weighted by Gasteiger charge is 2.34. The van der Waals surface area contributed by atoms with Gasteiger partial charge in [0.1, 0.15) is 18.5 Å². The molecule has 33 heavy (non-hydrogen) atoms. The molecule has 4 N–H and O–H groups in total. The second kappa shape index (κ2) is 9.65. The van der Waals surface area contributed by atoms with Crippen LogP contribution in [0.5, 0.6) is 17.2 Å². The molecule has 0 spiro atoms. The van der Waals surface area contributed by atoms with E-state index >= 15 is 0 Å². The molecule has 0 saturated heterocycles. The summed E-state index contributed by atoms with van der Waals surface area (Å²) >= 11 is 6.45. The van der Waals surface area contributed by atoms with E-state index in [4.69, 9.17) is 31.5 Å². The Hall–Kier alpha value is -2.71. The number of aromatic nitrogens is 1. The number of hydrogen-bond donors (Lipinski definition) is 3. The molecule has 1 amide bonds. The van der Waals surface area contributed by atoms with E-state index < -0.39 is 0 Å². The minimum Gasteiger partial charge on any atom is -0.496 e. The van der Waals surface area contributed by atoms with Gasteiger partial charge in [0.15, 0.2) is 11.5 Å². The van der Waals surface area contributed by atoms with Crippen molar-refractivity contribution in [1.29, 1.82) is 0 Å². The molecule has 1 aromatic carbocycles. The molecule has 1 unspecified atom stereocenters. The number of rotatable bonds is 5. The maximum absolute atomic E-state index is 13.0. The highest BCUT2D eigenvalue weighted by Crippen LogP contribution is 2.44. The summed E-state index contributed by atoms with van der Waals surface area (Å²) in [5.74, 6) is 1.38. The zero-order valence-electron chi connectivity index (χ0n) is 19.1. The quantitative estimate of drug-likeness (QED) is 0.611. The van der Waals surface area contributed by atoms with Crippen LogP contribution in [0.4, 0.5) is 0 Å². The van der Waals surface area contributed by atoms with Crippen molar-refractivity contribution in [3.63, 3.8) is 0 Å². The van der Waals surface area contributed by atoms with Crippen LogP contribution < -0.4 is 30.8 Å². The van der Waals surface area contributed by atoms with Gasteiger partial charge in [0.2, 0.25) is 0 Å². The number of halogens is 1. The summed E-state index contributed by atoms with van der Waals surface area (Å²) in [6.07, 6.45) is 3.82. The molecule has 2 heterocycles. The number of carbonyl (C=O) groups is 1. The highest BCUT2D eigenvalue weighted by atomic mass is 35.5. The number of methoxy groups -OCH3 is 1. The first kappa shape index (κ1) is 23.4. The Bertz CT molecular complexity index is 1110. The number of carbonyl (C=O) groups excluding carboxylic acids is 1. The van der Waals surface area contributed by atoms with Gasteiger partial charge in [0.25, 0.3) is 11.5 Å². The van der Waals surface area contributed by atoms with Gasteiger partial charge in [-0.2, -0.15) is 0 Å². The zero-order valence-corrected chi connectivity index (χ0v) is 19.9. The smallest absolute Gasteiger partial charge is 0.256 e. The predicted molar refractivity (Wildman–Crippen MR) is 126 cm³/mol. The number of fused-ring (bicyclic) bond motifs is 1. The number of hydrogen-bond acceptors (Lipinski definition) is 6. The van der Waals surface area contributed by atoms with Crippen molar-refractivity contribution in [2.45, 2.75) is 58.2 Å². The van der Waals surface area contributed by atoms with Crippen LogP contribution in [-0.4, -0.2) is 36.8 Å². The van der Waals surface area contributed by atoms with Gasteiger partial charge in [-0.15, -0.1) is 0 Å². The minimum absolute atomic E-state index is 0.00801. The van der Waals surface area contributed by atoms with Gasteiger partial charge >= 0.3 is 0 Å². The number of aryl methyl sites for hydroxylation is 1. The Labute approximate surface area is 197 Å². The molecule has 1 fully saturated rings. The molecule has 1 atom stereocenters. The third kappa shape index (κ3) is 4.82. The van der Waals surface area contributed by atoms with Gasteiger partial charge in [-0.25, -0.2) is 0 Å². The van der Waals surface area contributed by atoms with Crippen LogP contribution in [0, 0.1) is 19.8 Å². The number of benzene rings is 1. The van der Waals surface area contributed by atoms with Crippen molar-refractivity contribution in [3.8, 4) is 17.2 Å². The monoisotopic (exact) mass is 475 g/mol. The van der Waals surface area contributed by atoms with E-state index in [0.29, 0.717) is 57.2 Å². The molecule has 0 radical (unpaired) electrons. The number of aromatic amines is 1. The van der Waals surface area contributed by atoms with E-state index in [1.165, 1.54) is 7.11 Å². The van der Waals surface area contributed by atoms with Crippen LogP contribution in [0.1, 0.15) is 52.9 Å². The van der Waals surface area contributed by atoms with Gasteiger partial charge in [0, 0.05) is 22.9 Å². The van der Waals surface area contributed by atoms with Crippen molar-refractivity contribution >= 4 is 17.5 Å². The molecule has 8 nitrogen and oxygen atoms in total. The Morgan fingerprint density at radius 1 is 1.24 bits per heavy atom. The zero-order chi connectivity index (χ0) is 23.7. The molecule has 2 aromatic rings. The number of amides is 1. The van der Waals surface area contributed by atoms with Gasteiger partial charge < -0.3 is 30.2 Å². The average Bonchev–Trinajstić information content (AvgIpc) is 2.80. The SMILES string of the molecule is COc1cc(C)[nH]c(=O)c1CNC(=O)c1cc(Cl)c2c(c1C)OC(C1CCC(N)CC1)CO2. The normalized spacial score (nSPS) is 22.0. The topological polar surface area (TPSA) is 116 Å². The standard InChI is InChI=1S/C24H30ClN3O5/c1-12-8-19(31-3)17(24(30)28-12)10-27-23(29)16-9-18(25)22-21(13(16)2)33-20(11-32-22)14-4-6-15(26)7-5-14/h8-9,14-15,20H,4-7,10-11,26H2,1-3H3,(H,27,29)(H,28,30). The van der Waals surface area contributed by atoms with Crippen LogP contribution >= 0.6 is 11.6 Å². The van der Waals surface area contributed by atoms with Gasteiger partial charge in [0.05, 0.1) is 24.2 Å². The number of nitrogens with one attached hydrogen (secondary N) is 2. The van der Waals surface area contributed by atoms with Crippen LogP contribution in [0.25, 0.3) is 0 Å². The average molecular weight is 476 g/mol. The first-order valence-electron chi connectivity index (χ1n) is 11.2. The van der Waals surface area contributed by atoms with Gasteiger partial charge in [-0.05, 0) is 57.6 Å². The van der Waals surface area contributed by atoms with Crippen molar-refractivity contribution in [2.75, 3.05) is 13.7 Å². The Balaban J connectivity index is 1.54. The molecule has 2 aliphatic rings. The number of ether oxygens (including phenoxy) is 3. The van der Waals surface area contributed by atoms with E-state index in [-0.39, 0.29) is 30.2 Å². The van der Waals surface area contributed by atoms with Gasteiger partial charge in [-0.1, -0.05) is 11.6 Å². The van der Waals surface area contributed by atoms with E-state index in [9.17, 15) is 9.59 Å². The molecular weight excluding hydrogens is 446 g/mol. The van der Waals surface area contributed by atoms with E-state index in [1.807, 2.05) is 6.92 Å². The number of H-pyrrole nitrogens is 1. The summed E-state index contributed by atoms with van der Waals surface area (Å²) in [7, 11) is 1.49. The third-order valence-electron chi connectivity index (χ3n) is 6.56. The van der Waals surface area contributed by atoms with Crippen molar-refractivity contribution < 1.29 is 19.0 Å². The lowest BCUT2D eigenvalue weighted by Gasteiger charge is -2.36. The maximum atomic E-state index is 13.0. The molecule has 1 aliphatic heterocycles. The summed E-state index contributed by atoms with van der Waals surface area (Å²) in [6.45, 7) is 4.01. The summed E-state index contributed by atoms with van der Waals surface area (Å²) in [5, 5.41) is 3.11. The fourth-order valence-corrected chi connectivity index (χ4v) is 4.86. The second-order valence-corrected chi connectivity index (χ2v) is 9.25. The Morgan fingerprint density at radius 3 is 2.67 bits per heavy atom. The summed E-state index contributed by atoms with van der Waals surface area (Å²) in [4.78, 5) is 28.1. The lowest BCUT2D eigenvalue weighted by atomic mass is 9.83. The highest BCUT2D eigenvalue weighted by molar-refractivity contribution is 6.32. The van der Waals surface area contributed by atoms with Crippen LogP contribution in [0.2, 0.25) is 5.02 Å². The number of nitrogens with two attached hydrogens (primary N) is 1. The lowest BCUT2D eigenvalue weighted by Crippen LogP contribution is -2.40. The molecule has 1 aromatic heterocycles. The van der Waals surface area contributed by atoms with E-state index in [1.54, 1.807) is 19.1 Å². The largest absolute Gasteiger partial charge is 0.496 e. The summed E-state index contributed by atoms with van der Waals surface area (Å²) < 4.78 is 17.6. The van der Waals surface area contributed by atoms with Crippen molar-refractivity contribution in [3.05, 3.63) is 49.9 Å². The molecule has 0 bridgehead atoms. The second-order valence-electron chi connectivity index (χ2n) is 8.84. The molecule has 178 valence electrons. The lowest BCUT2D eigenvalue weighted by molar-refractivity contribution is 0.0315. The van der Waals surface area contributed by atoms with Gasteiger partial charge in [-0.3, -0.25) is 9.59 Å². The van der Waals surface area contributed by atoms with Crippen LogP contribution in [0.15, 0.2) is 16.9 Å². The maximum Gasteiger partial charge on any atom is 0.256 e. The summed E-state index contributed by atoms with van der Waals surface area (Å²) in [6, 6.07) is 3.54. The minimum atomic E-state index is -0.367. The fraction of sp³-hybridized carbons (Fsp3) is 0.500. The molecule has 9 heteroatoms. The predicted octanol–water partition coefficient (Wildman–Crippen LogP) is 3.24. The molecule has 1 saturated carbocycles. The molecular formula is C24H30ClN3O5. The first-order valence-corrected chi connectivity index (χ1v) is 11.6. The Morgan fingerprint density at radius 2 is 1.97 bits per heavy atom. The Kier molecular flexibility index (Phi) is 6.86. The van der Waals surface area contributed by atoms with E-state index in [2.05, 4.69) is 10.3 Å². The van der Waals surface area contributed by atoms with Crippen molar-refractivity contribution in [2.24, 2.45) is 11.7 Å². The van der Waals surface area contributed by atoms with Crippen LogP contribution in [0.3, 0.4) is 0 Å². The first-order chi connectivity index (χ1) is 15.8. The molecule has 4 rings (SSSR count). The van der Waals surface area contributed by atoms with E-state index in [0.717, 1.165) is 25.7 Å². The summed E-state index contributed by atoms with van der Waals surface area (Å²) in [5.41, 5.74) is 7.77. The van der Waals surface area contributed by atoms with Crippen LogP contribution in [-0.2, 0) is 6.54 Å².